The zero-order chi connectivity index (χ0) is 26.5. The fourth-order valence-electron chi connectivity index (χ4n) is 3.59. The lowest BCUT2D eigenvalue weighted by atomic mass is 10.1. The summed E-state index contributed by atoms with van der Waals surface area (Å²) in [6.45, 7) is 0.379. The molecule has 4 aromatic rings. The first-order valence-corrected chi connectivity index (χ1v) is 12.7. The molecule has 13 nitrogen and oxygen atoms in total. The highest BCUT2D eigenvalue weighted by molar-refractivity contribution is 7.92. The van der Waals surface area contributed by atoms with Gasteiger partial charge in [-0.25, -0.2) is 38.1 Å². The number of hydrogen-bond donors (Lipinski definition) is 4. The van der Waals surface area contributed by atoms with Gasteiger partial charge in [-0.1, -0.05) is 0 Å². The van der Waals surface area contributed by atoms with Crippen LogP contribution in [0.2, 0.25) is 0 Å². The fourth-order valence-corrected chi connectivity index (χ4v) is 4.55. The third-order valence-electron chi connectivity index (χ3n) is 5.41. The van der Waals surface area contributed by atoms with E-state index in [-0.39, 0.29) is 10.8 Å². The van der Waals surface area contributed by atoms with Gasteiger partial charge in [0.1, 0.15) is 12.5 Å². The SMILES string of the molecule is COc1cc2c(cc1OC)C(Nc1ncc(Nc3ccc(S(=O)(=O)Nc4ncccn4)cc3)cn1)=NCN2. The van der Waals surface area contributed by atoms with Gasteiger partial charge in [0.25, 0.3) is 10.0 Å². The number of sulfonamides is 1. The molecule has 5 rings (SSSR count). The molecule has 0 amide bonds. The third kappa shape index (κ3) is 5.39. The second-order valence-electron chi connectivity index (χ2n) is 7.84. The van der Waals surface area contributed by atoms with Crippen LogP contribution >= 0.6 is 0 Å². The van der Waals surface area contributed by atoms with Crippen LogP contribution in [0.15, 0.2) is 77.1 Å². The number of nitrogens with one attached hydrogen (secondary N) is 4. The summed E-state index contributed by atoms with van der Waals surface area (Å²) in [7, 11) is -0.665. The highest BCUT2D eigenvalue weighted by atomic mass is 32.2. The van der Waals surface area contributed by atoms with E-state index in [0.717, 1.165) is 11.3 Å². The van der Waals surface area contributed by atoms with E-state index in [2.05, 4.69) is 45.6 Å². The Kier molecular flexibility index (Phi) is 6.86. The molecule has 0 unspecified atom stereocenters. The summed E-state index contributed by atoms with van der Waals surface area (Å²) in [6, 6.07) is 11.5. The van der Waals surface area contributed by atoms with E-state index in [4.69, 9.17) is 9.47 Å². The summed E-state index contributed by atoms with van der Waals surface area (Å²) in [6.07, 6.45) is 6.11. The summed E-state index contributed by atoms with van der Waals surface area (Å²) < 4.78 is 38.2. The predicted octanol–water partition coefficient (Wildman–Crippen LogP) is 3.07. The van der Waals surface area contributed by atoms with Crippen LogP contribution in [0.4, 0.5) is 29.0 Å². The number of anilines is 5. The number of nitrogens with zero attached hydrogens (tertiary/aromatic N) is 5. The maximum atomic E-state index is 12.6. The van der Waals surface area contributed by atoms with Crippen molar-refractivity contribution >= 4 is 44.8 Å². The minimum absolute atomic E-state index is 0.00152. The van der Waals surface area contributed by atoms with Crippen LogP contribution < -0.4 is 30.1 Å². The average Bonchev–Trinajstić information content (AvgIpc) is 2.94. The number of aliphatic imine (C=N–C) groups is 1. The summed E-state index contributed by atoms with van der Waals surface area (Å²) in [5, 5.41) is 9.49. The third-order valence-corrected chi connectivity index (χ3v) is 6.76. The van der Waals surface area contributed by atoms with Crippen molar-refractivity contribution in [3.05, 3.63) is 72.8 Å². The zero-order valence-electron chi connectivity index (χ0n) is 20.3. The Morgan fingerprint density at radius 2 is 1.53 bits per heavy atom. The van der Waals surface area contributed by atoms with Gasteiger partial charge >= 0.3 is 0 Å². The number of hydrogen-bond acceptors (Lipinski definition) is 12. The summed E-state index contributed by atoms with van der Waals surface area (Å²) >= 11 is 0. The first kappa shape index (κ1) is 24.7. The zero-order valence-corrected chi connectivity index (χ0v) is 21.2. The number of methoxy groups -OCH3 is 2. The van der Waals surface area contributed by atoms with E-state index in [1.54, 1.807) is 44.8 Å². The first-order chi connectivity index (χ1) is 18.4. The van der Waals surface area contributed by atoms with Gasteiger partial charge in [0.05, 0.1) is 42.9 Å². The molecule has 4 N–H and O–H groups in total. The Morgan fingerprint density at radius 1 is 0.842 bits per heavy atom. The lowest BCUT2D eigenvalue weighted by Gasteiger charge is -2.21. The first-order valence-electron chi connectivity index (χ1n) is 11.3. The molecule has 194 valence electrons. The molecule has 0 radical (unpaired) electrons. The van der Waals surface area contributed by atoms with Crippen LogP contribution in [0.1, 0.15) is 5.56 Å². The molecular weight excluding hydrogens is 510 g/mol. The molecule has 0 saturated heterocycles. The monoisotopic (exact) mass is 533 g/mol. The highest BCUT2D eigenvalue weighted by Gasteiger charge is 2.19. The molecule has 1 aliphatic heterocycles. The van der Waals surface area contributed by atoms with E-state index < -0.39 is 10.0 Å². The molecule has 3 heterocycles. The van der Waals surface area contributed by atoms with Crippen LogP contribution in [-0.4, -0.2) is 55.1 Å². The van der Waals surface area contributed by atoms with Crippen LogP contribution in [0.25, 0.3) is 0 Å². The van der Waals surface area contributed by atoms with Crippen LogP contribution in [0, 0.1) is 0 Å². The van der Waals surface area contributed by atoms with Gasteiger partial charge in [-0.05, 0) is 36.4 Å². The molecule has 0 atom stereocenters. The standard InChI is InChI=1S/C24H23N9O4S/c1-36-20-10-18-19(11-21(20)37-2)29-14-30-22(18)32-23-27-12-16(13-28-23)31-15-4-6-17(7-5-15)38(34,35)33-24-25-8-3-9-26-24/h3-13,29,31H,14H2,1-2H3,(H,25,26,33)(H,27,28,30,32). The Bertz CT molecular complexity index is 1560. The maximum Gasteiger partial charge on any atom is 0.264 e. The van der Waals surface area contributed by atoms with Crippen LogP contribution in [0.5, 0.6) is 11.5 Å². The van der Waals surface area contributed by atoms with Gasteiger partial charge in [0.15, 0.2) is 11.5 Å². The Labute approximate surface area is 218 Å². The molecule has 0 aliphatic carbocycles. The molecule has 2 aromatic heterocycles. The topological polar surface area (TPSA) is 165 Å². The molecule has 0 spiro atoms. The van der Waals surface area contributed by atoms with E-state index in [1.165, 1.54) is 24.5 Å². The number of fused-ring (bicyclic) bond motifs is 1. The molecule has 1 aliphatic rings. The lowest BCUT2D eigenvalue weighted by Crippen LogP contribution is -2.23. The Balaban J connectivity index is 1.25. The second-order valence-corrected chi connectivity index (χ2v) is 9.52. The van der Waals surface area contributed by atoms with Crippen LogP contribution in [-0.2, 0) is 10.0 Å². The molecular formula is C24H23N9O4S. The number of aromatic nitrogens is 4. The van der Waals surface area contributed by atoms with Gasteiger partial charge < -0.3 is 25.4 Å². The van der Waals surface area contributed by atoms with Crippen molar-refractivity contribution in [2.75, 3.05) is 41.6 Å². The quantitative estimate of drug-likeness (QED) is 0.263. The van der Waals surface area contributed by atoms with Gasteiger partial charge in [-0.2, -0.15) is 0 Å². The van der Waals surface area contributed by atoms with Crippen molar-refractivity contribution in [3.8, 4) is 11.5 Å². The van der Waals surface area contributed by atoms with Crippen LogP contribution in [0.3, 0.4) is 0 Å². The largest absolute Gasteiger partial charge is 0.493 e. The van der Waals surface area contributed by atoms with Gasteiger partial charge in [-0.15, -0.1) is 0 Å². The highest BCUT2D eigenvalue weighted by Crippen LogP contribution is 2.35. The molecule has 38 heavy (non-hydrogen) atoms. The molecule has 2 aromatic carbocycles. The Morgan fingerprint density at radius 3 is 2.21 bits per heavy atom. The smallest absolute Gasteiger partial charge is 0.264 e. The van der Waals surface area contributed by atoms with E-state index in [0.29, 0.717) is 41.3 Å². The summed E-state index contributed by atoms with van der Waals surface area (Å²) in [5.74, 6) is 2.13. The molecule has 0 bridgehead atoms. The maximum absolute atomic E-state index is 12.6. The average molecular weight is 534 g/mol. The van der Waals surface area contributed by atoms with Crippen molar-refractivity contribution in [1.82, 2.24) is 19.9 Å². The summed E-state index contributed by atoms with van der Waals surface area (Å²) in [4.78, 5) is 21.0. The second kappa shape index (κ2) is 10.6. The van der Waals surface area contributed by atoms with Crippen molar-refractivity contribution in [2.45, 2.75) is 4.90 Å². The van der Waals surface area contributed by atoms with Gasteiger partial charge in [-0.3, -0.25) is 0 Å². The van der Waals surface area contributed by atoms with E-state index in [9.17, 15) is 8.42 Å². The van der Waals surface area contributed by atoms with Gasteiger partial charge in [0.2, 0.25) is 11.9 Å². The fraction of sp³-hybridized carbons (Fsp3) is 0.125. The van der Waals surface area contributed by atoms with Gasteiger partial charge in [0, 0.05) is 29.7 Å². The number of ether oxygens (including phenoxy) is 2. The van der Waals surface area contributed by atoms with Crippen molar-refractivity contribution in [2.24, 2.45) is 4.99 Å². The molecule has 14 heteroatoms. The van der Waals surface area contributed by atoms with E-state index in [1.807, 2.05) is 12.1 Å². The van der Waals surface area contributed by atoms with Crippen molar-refractivity contribution < 1.29 is 17.9 Å². The lowest BCUT2D eigenvalue weighted by molar-refractivity contribution is 0.355. The Hall–Kier alpha value is -4.98. The minimum Gasteiger partial charge on any atom is -0.493 e. The molecule has 0 saturated carbocycles. The molecule has 0 fully saturated rings. The number of rotatable bonds is 8. The minimum atomic E-state index is -3.82. The van der Waals surface area contributed by atoms with Crippen molar-refractivity contribution in [3.63, 3.8) is 0 Å². The number of amidine groups is 1. The number of benzene rings is 2. The van der Waals surface area contributed by atoms with E-state index >= 15 is 0 Å². The predicted molar refractivity (Wildman–Crippen MR) is 143 cm³/mol. The normalized spacial score (nSPS) is 12.4. The van der Waals surface area contributed by atoms with Crippen molar-refractivity contribution in [1.29, 1.82) is 0 Å². The summed E-state index contributed by atoms with van der Waals surface area (Å²) in [5.41, 5.74) is 2.90.